The first-order chi connectivity index (χ1) is 9.73. The molecule has 1 fully saturated rings. The molecule has 1 unspecified atom stereocenters. The minimum absolute atomic E-state index is 0.115. The number of aryl methyl sites for hydroxylation is 1. The second-order valence-corrected chi connectivity index (χ2v) is 7.25. The van der Waals surface area contributed by atoms with Crippen LogP contribution in [0.3, 0.4) is 0 Å². The zero-order valence-electron chi connectivity index (χ0n) is 12.8. The highest BCUT2D eigenvalue weighted by Gasteiger charge is 2.67. The van der Waals surface area contributed by atoms with Crippen LogP contribution in [-0.2, 0) is 22.6 Å². The van der Waals surface area contributed by atoms with Crippen LogP contribution >= 0.6 is 23.2 Å². The molecule has 0 aromatic carbocycles. The van der Waals surface area contributed by atoms with Gasteiger partial charge in [-0.3, -0.25) is 9.48 Å². The highest BCUT2D eigenvalue weighted by molar-refractivity contribution is 6.53. The average Bonchev–Trinajstić information content (AvgIpc) is 2.81. The maximum Gasteiger partial charge on any atom is 0.229 e. The van der Waals surface area contributed by atoms with Crippen molar-refractivity contribution < 1.29 is 9.53 Å². The quantitative estimate of drug-likeness (QED) is 0.813. The monoisotopic (exact) mass is 333 g/mol. The van der Waals surface area contributed by atoms with Gasteiger partial charge in [-0.2, -0.15) is 5.10 Å². The summed E-state index contributed by atoms with van der Waals surface area (Å²) >= 11 is 12.0. The number of alkyl halides is 2. The second-order valence-electron chi connectivity index (χ2n) is 5.76. The Hall–Kier alpha value is -0.780. The lowest BCUT2D eigenvalue weighted by Crippen LogP contribution is -2.33. The van der Waals surface area contributed by atoms with Crippen molar-refractivity contribution in [1.29, 1.82) is 0 Å². The summed E-state index contributed by atoms with van der Waals surface area (Å²) in [5.74, 6) is -0.115. The van der Waals surface area contributed by atoms with Crippen molar-refractivity contribution in [2.45, 2.75) is 44.6 Å². The van der Waals surface area contributed by atoms with Crippen molar-refractivity contribution in [3.63, 3.8) is 0 Å². The molecule has 5 nitrogen and oxygen atoms in total. The van der Waals surface area contributed by atoms with Crippen LogP contribution in [0.5, 0.6) is 0 Å². The van der Waals surface area contributed by atoms with Crippen molar-refractivity contribution in [3.8, 4) is 0 Å². The predicted octanol–water partition coefficient (Wildman–Crippen LogP) is 2.35. The Morgan fingerprint density at radius 3 is 2.62 bits per heavy atom. The van der Waals surface area contributed by atoms with Gasteiger partial charge in [0.2, 0.25) is 5.91 Å². The van der Waals surface area contributed by atoms with Gasteiger partial charge in [0.25, 0.3) is 0 Å². The van der Waals surface area contributed by atoms with E-state index in [4.69, 9.17) is 27.9 Å². The van der Waals surface area contributed by atoms with Crippen molar-refractivity contribution in [1.82, 2.24) is 15.1 Å². The smallest absolute Gasteiger partial charge is 0.229 e. The zero-order chi connectivity index (χ0) is 15.8. The van der Waals surface area contributed by atoms with E-state index in [1.54, 1.807) is 14.0 Å². The maximum atomic E-state index is 12.2. The average molecular weight is 334 g/mol. The van der Waals surface area contributed by atoms with Crippen molar-refractivity contribution in [2.24, 2.45) is 5.41 Å². The Bertz CT molecular complexity index is 557. The van der Waals surface area contributed by atoms with Gasteiger partial charge in [0.05, 0.1) is 24.3 Å². The second kappa shape index (κ2) is 5.78. The minimum Gasteiger partial charge on any atom is -0.383 e. The van der Waals surface area contributed by atoms with E-state index >= 15 is 0 Å². The number of nitrogens with one attached hydrogen (secondary N) is 1. The third kappa shape index (κ3) is 3.05. The van der Waals surface area contributed by atoms with E-state index < -0.39 is 9.75 Å². The van der Waals surface area contributed by atoms with Crippen molar-refractivity contribution >= 4 is 29.1 Å². The molecule has 2 rings (SSSR count). The molecule has 1 N–H and O–H groups in total. The molecular formula is C14H21Cl2N3O2. The lowest BCUT2D eigenvalue weighted by molar-refractivity contribution is -0.125. The van der Waals surface area contributed by atoms with E-state index in [0.717, 1.165) is 17.0 Å². The summed E-state index contributed by atoms with van der Waals surface area (Å²) < 4.78 is 6.02. The molecular weight excluding hydrogens is 313 g/mol. The van der Waals surface area contributed by atoms with Gasteiger partial charge in [-0.05, 0) is 27.2 Å². The normalized spacial score (nSPS) is 23.1. The Balaban J connectivity index is 2.01. The summed E-state index contributed by atoms with van der Waals surface area (Å²) in [6.45, 7) is 7.44. The summed E-state index contributed by atoms with van der Waals surface area (Å²) in [7, 11) is 1.66. The third-order valence-corrected chi connectivity index (χ3v) is 5.32. The number of nitrogens with zero attached hydrogens (tertiary/aromatic N) is 2. The predicted molar refractivity (Wildman–Crippen MR) is 82.6 cm³/mol. The number of methoxy groups -OCH3 is 1. The first-order valence-corrected chi connectivity index (χ1v) is 7.66. The molecule has 21 heavy (non-hydrogen) atoms. The van der Waals surface area contributed by atoms with Crippen LogP contribution in [0.25, 0.3) is 0 Å². The van der Waals surface area contributed by atoms with E-state index in [0.29, 0.717) is 26.1 Å². The molecule has 1 aromatic heterocycles. The standard InChI is InChI=1S/C14H21Cl2N3O2/c1-9-11(10(2)19(18-9)5-6-21-4)7-17-12(20)13(3)8-14(13,15)16/h5-8H2,1-4H3,(H,17,20). The fourth-order valence-corrected chi connectivity index (χ4v) is 3.10. The van der Waals surface area contributed by atoms with E-state index in [1.165, 1.54) is 0 Å². The summed E-state index contributed by atoms with van der Waals surface area (Å²) in [5.41, 5.74) is 2.28. The first-order valence-electron chi connectivity index (χ1n) is 6.91. The van der Waals surface area contributed by atoms with Crippen LogP contribution in [0.2, 0.25) is 0 Å². The molecule has 0 bridgehead atoms. The highest BCUT2D eigenvalue weighted by Crippen LogP contribution is 2.63. The number of aromatic nitrogens is 2. The van der Waals surface area contributed by atoms with E-state index in [2.05, 4.69) is 10.4 Å². The van der Waals surface area contributed by atoms with Gasteiger partial charge < -0.3 is 10.1 Å². The largest absolute Gasteiger partial charge is 0.383 e. The van der Waals surface area contributed by atoms with Crippen LogP contribution in [-0.4, -0.2) is 33.7 Å². The number of halogens is 2. The zero-order valence-corrected chi connectivity index (χ0v) is 14.3. The SMILES string of the molecule is COCCn1nc(C)c(CNC(=O)C2(C)CC2(Cl)Cl)c1C. The van der Waals surface area contributed by atoms with Crippen molar-refractivity contribution in [3.05, 3.63) is 17.0 Å². The molecule has 7 heteroatoms. The van der Waals surface area contributed by atoms with Gasteiger partial charge in [-0.25, -0.2) is 0 Å². The molecule has 1 aliphatic rings. The summed E-state index contributed by atoms with van der Waals surface area (Å²) in [4.78, 5) is 12.2. The van der Waals surface area contributed by atoms with E-state index in [-0.39, 0.29) is 5.91 Å². The lowest BCUT2D eigenvalue weighted by Gasteiger charge is -2.13. The van der Waals surface area contributed by atoms with Crippen LogP contribution in [0.4, 0.5) is 0 Å². The fraction of sp³-hybridized carbons (Fsp3) is 0.714. The highest BCUT2D eigenvalue weighted by atomic mass is 35.5. The summed E-state index contributed by atoms with van der Waals surface area (Å²) in [5, 5.41) is 7.38. The topological polar surface area (TPSA) is 56.1 Å². The molecule has 0 radical (unpaired) electrons. The third-order valence-electron chi connectivity index (χ3n) is 4.22. The minimum atomic E-state index is -0.941. The lowest BCUT2D eigenvalue weighted by atomic mass is 10.1. The molecule has 0 saturated heterocycles. The van der Waals surface area contributed by atoms with E-state index in [1.807, 2.05) is 18.5 Å². The molecule has 1 heterocycles. The maximum absolute atomic E-state index is 12.2. The number of rotatable bonds is 6. The Morgan fingerprint density at radius 2 is 2.10 bits per heavy atom. The molecule has 1 atom stereocenters. The fourth-order valence-electron chi connectivity index (χ4n) is 2.40. The molecule has 1 aromatic rings. The summed E-state index contributed by atoms with van der Waals surface area (Å²) in [6.07, 6.45) is 0.486. The molecule has 0 spiro atoms. The van der Waals surface area contributed by atoms with Gasteiger partial charge in [-0.15, -0.1) is 23.2 Å². The van der Waals surface area contributed by atoms with Crippen LogP contribution in [0.15, 0.2) is 0 Å². The Labute approximate surface area is 134 Å². The van der Waals surface area contributed by atoms with Crippen molar-refractivity contribution in [2.75, 3.05) is 13.7 Å². The van der Waals surface area contributed by atoms with Crippen LogP contribution in [0.1, 0.15) is 30.3 Å². The molecule has 1 amide bonds. The van der Waals surface area contributed by atoms with Gasteiger partial charge in [0, 0.05) is 24.9 Å². The first kappa shape index (κ1) is 16.6. The Morgan fingerprint density at radius 1 is 1.48 bits per heavy atom. The number of hydrogen-bond donors (Lipinski definition) is 1. The van der Waals surface area contributed by atoms with Gasteiger partial charge in [0.15, 0.2) is 0 Å². The van der Waals surface area contributed by atoms with Gasteiger partial charge >= 0.3 is 0 Å². The Kier molecular flexibility index (Phi) is 4.57. The number of amides is 1. The number of carbonyl (C=O) groups is 1. The molecule has 1 aliphatic carbocycles. The molecule has 0 aliphatic heterocycles. The van der Waals surface area contributed by atoms with Crippen LogP contribution in [0, 0.1) is 19.3 Å². The van der Waals surface area contributed by atoms with Gasteiger partial charge in [-0.1, -0.05) is 0 Å². The van der Waals surface area contributed by atoms with Gasteiger partial charge in [0.1, 0.15) is 4.33 Å². The number of carbonyl (C=O) groups excluding carboxylic acids is 1. The van der Waals surface area contributed by atoms with E-state index in [9.17, 15) is 4.79 Å². The van der Waals surface area contributed by atoms with Crippen LogP contribution < -0.4 is 5.32 Å². The number of ether oxygens (including phenoxy) is 1. The molecule has 118 valence electrons. The summed E-state index contributed by atoms with van der Waals surface area (Å²) in [6, 6.07) is 0. The number of hydrogen-bond acceptors (Lipinski definition) is 3. The molecule has 1 saturated carbocycles.